The van der Waals surface area contributed by atoms with Crippen LogP contribution in [0, 0.1) is 10.1 Å². The first-order valence-electron chi connectivity index (χ1n) is 6.29. The number of nitro benzene ring substituents is 1. The van der Waals surface area contributed by atoms with Crippen LogP contribution in [0.4, 0.5) is 11.4 Å². The molecule has 0 saturated heterocycles. The van der Waals surface area contributed by atoms with E-state index in [1.807, 2.05) is 0 Å². The van der Waals surface area contributed by atoms with Crippen LogP contribution in [-0.4, -0.2) is 16.6 Å². The second-order valence-electron chi connectivity index (χ2n) is 4.46. The average molecular weight is 363 g/mol. The van der Waals surface area contributed by atoms with E-state index in [0.717, 1.165) is 4.47 Å². The number of non-ortho nitro benzene ring substituents is 1. The van der Waals surface area contributed by atoms with Crippen LogP contribution < -0.4 is 5.32 Å². The van der Waals surface area contributed by atoms with Crippen LogP contribution >= 0.6 is 15.9 Å². The van der Waals surface area contributed by atoms with Gasteiger partial charge in [-0.15, -0.1) is 0 Å². The number of rotatable bonds is 5. The summed E-state index contributed by atoms with van der Waals surface area (Å²) in [6, 6.07) is 12.1. The first-order valence-corrected chi connectivity index (χ1v) is 7.08. The number of Topliss-reactive ketones (excluding diaryl/α,β-unsaturated/α-hetero) is 1. The molecule has 0 spiro atoms. The van der Waals surface area contributed by atoms with Crippen molar-refractivity contribution in [2.75, 3.05) is 5.32 Å². The molecule has 1 amide bonds. The number of benzene rings is 2. The van der Waals surface area contributed by atoms with Crippen LogP contribution in [0.1, 0.15) is 16.8 Å². The van der Waals surface area contributed by atoms with Gasteiger partial charge in [-0.2, -0.15) is 0 Å². The van der Waals surface area contributed by atoms with E-state index >= 15 is 0 Å². The molecule has 1 N–H and O–H groups in total. The number of carbonyl (C=O) groups excluding carboxylic acids is 2. The summed E-state index contributed by atoms with van der Waals surface area (Å²) in [4.78, 5) is 33.7. The largest absolute Gasteiger partial charge is 0.326 e. The molecular formula is C15H11BrN2O4. The molecule has 0 radical (unpaired) electrons. The molecule has 22 heavy (non-hydrogen) atoms. The number of halogens is 1. The van der Waals surface area contributed by atoms with Crippen molar-refractivity contribution in [1.82, 2.24) is 0 Å². The molecule has 0 aliphatic carbocycles. The molecule has 0 unspecified atom stereocenters. The quantitative estimate of drug-likeness (QED) is 0.381. The standard InChI is InChI=1S/C15H11BrN2O4/c16-11-3-5-12(6-4-11)17-15(20)9-14(19)10-1-7-13(8-2-10)18(21)22/h1-8H,9H2,(H,17,20). The maximum absolute atomic E-state index is 11.9. The molecule has 2 rings (SSSR count). The number of anilines is 1. The van der Waals surface area contributed by atoms with Gasteiger partial charge < -0.3 is 5.32 Å². The van der Waals surface area contributed by atoms with Gasteiger partial charge in [-0.05, 0) is 36.4 Å². The Morgan fingerprint density at radius 2 is 1.64 bits per heavy atom. The Morgan fingerprint density at radius 1 is 1.05 bits per heavy atom. The molecule has 0 fully saturated rings. The highest BCUT2D eigenvalue weighted by Gasteiger charge is 2.13. The Balaban J connectivity index is 1.97. The first kappa shape index (κ1) is 15.8. The topological polar surface area (TPSA) is 89.3 Å². The molecule has 0 aromatic heterocycles. The van der Waals surface area contributed by atoms with Crippen LogP contribution in [0.2, 0.25) is 0 Å². The summed E-state index contributed by atoms with van der Waals surface area (Å²) in [5, 5.41) is 13.2. The van der Waals surface area contributed by atoms with Gasteiger partial charge in [-0.25, -0.2) is 0 Å². The lowest BCUT2D eigenvalue weighted by molar-refractivity contribution is -0.384. The second kappa shape index (κ2) is 6.95. The number of nitrogens with one attached hydrogen (secondary N) is 1. The van der Waals surface area contributed by atoms with Crippen molar-refractivity contribution in [3.8, 4) is 0 Å². The smallest absolute Gasteiger partial charge is 0.269 e. The summed E-state index contributed by atoms with van der Waals surface area (Å²) in [6.07, 6.45) is -0.326. The van der Waals surface area contributed by atoms with E-state index in [1.165, 1.54) is 24.3 Å². The lowest BCUT2D eigenvalue weighted by atomic mass is 10.1. The fourth-order valence-corrected chi connectivity index (χ4v) is 2.02. The Labute approximate surface area is 134 Å². The molecule has 0 aliphatic rings. The minimum absolute atomic E-state index is 0.101. The molecule has 0 heterocycles. The highest BCUT2D eigenvalue weighted by atomic mass is 79.9. The Morgan fingerprint density at radius 3 is 2.18 bits per heavy atom. The van der Waals surface area contributed by atoms with Crippen molar-refractivity contribution < 1.29 is 14.5 Å². The molecule has 2 aromatic rings. The number of hydrogen-bond acceptors (Lipinski definition) is 4. The van der Waals surface area contributed by atoms with Gasteiger partial charge in [-0.1, -0.05) is 15.9 Å². The number of carbonyl (C=O) groups is 2. The minimum atomic E-state index is -0.547. The molecule has 2 aromatic carbocycles. The van der Waals surface area contributed by atoms with Crippen LogP contribution in [0.3, 0.4) is 0 Å². The average Bonchev–Trinajstić information content (AvgIpc) is 2.49. The molecule has 112 valence electrons. The van der Waals surface area contributed by atoms with Gasteiger partial charge in [0, 0.05) is 27.9 Å². The monoisotopic (exact) mass is 362 g/mol. The Hall–Kier alpha value is -2.54. The van der Waals surface area contributed by atoms with Crippen LogP contribution in [0.5, 0.6) is 0 Å². The molecule has 0 atom stereocenters. The van der Waals surface area contributed by atoms with E-state index in [4.69, 9.17) is 0 Å². The van der Waals surface area contributed by atoms with Gasteiger partial charge >= 0.3 is 0 Å². The van der Waals surface area contributed by atoms with E-state index in [9.17, 15) is 19.7 Å². The third kappa shape index (κ3) is 4.23. The van der Waals surface area contributed by atoms with Gasteiger partial charge in [0.1, 0.15) is 0 Å². The zero-order valence-electron chi connectivity index (χ0n) is 11.3. The maximum atomic E-state index is 11.9. The highest BCUT2D eigenvalue weighted by Crippen LogP contribution is 2.16. The third-order valence-electron chi connectivity index (χ3n) is 2.85. The number of hydrogen-bond donors (Lipinski definition) is 1. The lowest BCUT2D eigenvalue weighted by Crippen LogP contribution is -2.16. The second-order valence-corrected chi connectivity index (χ2v) is 5.37. The van der Waals surface area contributed by atoms with Crippen molar-refractivity contribution in [2.45, 2.75) is 6.42 Å². The maximum Gasteiger partial charge on any atom is 0.269 e. The number of ketones is 1. The lowest BCUT2D eigenvalue weighted by Gasteiger charge is -2.05. The molecule has 7 heteroatoms. The number of nitro groups is 1. The van der Waals surface area contributed by atoms with Crippen LogP contribution in [-0.2, 0) is 4.79 Å². The summed E-state index contributed by atoms with van der Waals surface area (Å²) in [5.74, 6) is -0.838. The van der Waals surface area contributed by atoms with E-state index in [2.05, 4.69) is 21.2 Å². The highest BCUT2D eigenvalue weighted by molar-refractivity contribution is 9.10. The van der Waals surface area contributed by atoms with Gasteiger partial charge in [0.05, 0.1) is 11.3 Å². The Kier molecular flexibility index (Phi) is 5.00. The van der Waals surface area contributed by atoms with Crippen molar-refractivity contribution >= 4 is 39.0 Å². The normalized spacial score (nSPS) is 10.0. The van der Waals surface area contributed by atoms with Gasteiger partial charge in [0.2, 0.25) is 5.91 Å². The fourth-order valence-electron chi connectivity index (χ4n) is 1.76. The predicted molar refractivity (Wildman–Crippen MR) is 84.8 cm³/mol. The third-order valence-corrected chi connectivity index (χ3v) is 3.38. The van der Waals surface area contributed by atoms with E-state index in [0.29, 0.717) is 5.69 Å². The van der Waals surface area contributed by atoms with Gasteiger partial charge in [0.25, 0.3) is 5.69 Å². The number of nitrogens with zero attached hydrogens (tertiary/aromatic N) is 1. The molecule has 0 aliphatic heterocycles. The SMILES string of the molecule is O=C(CC(=O)c1ccc([N+](=O)[O-])cc1)Nc1ccc(Br)cc1. The molecule has 6 nitrogen and oxygen atoms in total. The predicted octanol–water partition coefficient (Wildman–Crippen LogP) is 3.57. The van der Waals surface area contributed by atoms with E-state index < -0.39 is 16.6 Å². The van der Waals surface area contributed by atoms with Crippen molar-refractivity contribution in [2.24, 2.45) is 0 Å². The molecule has 0 bridgehead atoms. The van der Waals surface area contributed by atoms with Crippen LogP contribution in [0.25, 0.3) is 0 Å². The summed E-state index contributed by atoms with van der Waals surface area (Å²) < 4.78 is 0.882. The number of amides is 1. The summed E-state index contributed by atoms with van der Waals surface area (Å²) in [5.41, 5.74) is 0.747. The zero-order chi connectivity index (χ0) is 16.1. The van der Waals surface area contributed by atoms with Gasteiger partial charge in [-0.3, -0.25) is 19.7 Å². The zero-order valence-corrected chi connectivity index (χ0v) is 12.9. The van der Waals surface area contributed by atoms with Crippen molar-refractivity contribution in [1.29, 1.82) is 0 Å². The van der Waals surface area contributed by atoms with E-state index in [-0.39, 0.29) is 17.7 Å². The first-order chi connectivity index (χ1) is 10.5. The molecular weight excluding hydrogens is 352 g/mol. The van der Waals surface area contributed by atoms with Gasteiger partial charge in [0.15, 0.2) is 5.78 Å². The summed E-state index contributed by atoms with van der Waals surface area (Å²) >= 11 is 3.28. The van der Waals surface area contributed by atoms with Crippen molar-refractivity contribution in [3.63, 3.8) is 0 Å². The van der Waals surface area contributed by atoms with Crippen molar-refractivity contribution in [3.05, 3.63) is 68.7 Å². The fraction of sp³-hybridized carbons (Fsp3) is 0.0667. The minimum Gasteiger partial charge on any atom is -0.326 e. The summed E-state index contributed by atoms with van der Waals surface area (Å²) in [7, 11) is 0. The summed E-state index contributed by atoms with van der Waals surface area (Å²) in [6.45, 7) is 0. The van der Waals surface area contributed by atoms with Crippen LogP contribution in [0.15, 0.2) is 53.0 Å². The molecule has 0 saturated carbocycles. The van der Waals surface area contributed by atoms with E-state index in [1.54, 1.807) is 24.3 Å². The Bertz CT molecular complexity index is 711.